The number of hydrogen-bond donors (Lipinski definition) is 1. The Bertz CT molecular complexity index is 721. The molecule has 0 aromatic heterocycles. The molecular formula is C29H46N2O3. The number of rotatable bonds is 15. The third-order valence-electron chi connectivity index (χ3n) is 7.35. The Morgan fingerprint density at radius 3 is 2.38 bits per heavy atom. The van der Waals surface area contributed by atoms with Crippen molar-refractivity contribution in [3.8, 4) is 5.75 Å². The van der Waals surface area contributed by atoms with Gasteiger partial charge in [-0.05, 0) is 82.2 Å². The van der Waals surface area contributed by atoms with E-state index in [0.29, 0.717) is 18.6 Å². The lowest BCUT2D eigenvalue weighted by atomic mass is 9.84. The van der Waals surface area contributed by atoms with Crippen LogP contribution in [0.15, 0.2) is 24.3 Å². The summed E-state index contributed by atoms with van der Waals surface area (Å²) in [5.41, 5.74) is 1.23. The van der Waals surface area contributed by atoms with Crippen LogP contribution in [-0.2, 0) is 16.0 Å². The van der Waals surface area contributed by atoms with E-state index in [9.17, 15) is 9.59 Å². The van der Waals surface area contributed by atoms with Gasteiger partial charge in [0.05, 0.1) is 6.61 Å². The molecule has 0 bridgehead atoms. The predicted octanol–water partition coefficient (Wildman–Crippen LogP) is 5.70. The van der Waals surface area contributed by atoms with Crippen molar-refractivity contribution >= 4 is 11.7 Å². The van der Waals surface area contributed by atoms with Gasteiger partial charge in [0.1, 0.15) is 11.5 Å². The van der Waals surface area contributed by atoms with Gasteiger partial charge in [0.15, 0.2) is 0 Å². The van der Waals surface area contributed by atoms with Gasteiger partial charge in [-0.15, -0.1) is 0 Å². The zero-order chi connectivity index (χ0) is 24.0. The van der Waals surface area contributed by atoms with E-state index in [4.69, 9.17) is 4.74 Å². The van der Waals surface area contributed by atoms with E-state index in [2.05, 4.69) is 29.3 Å². The summed E-state index contributed by atoms with van der Waals surface area (Å²) in [4.78, 5) is 27.6. The van der Waals surface area contributed by atoms with Crippen molar-refractivity contribution in [1.82, 2.24) is 10.2 Å². The monoisotopic (exact) mass is 470 g/mol. The average Bonchev–Trinajstić information content (AvgIpc) is 3.36. The number of unbranched alkanes of at least 4 members (excludes halogenated alkanes) is 2. The second-order valence-corrected chi connectivity index (χ2v) is 10.3. The van der Waals surface area contributed by atoms with Gasteiger partial charge in [-0.3, -0.25) is 9.59 Å². The fourth-order valence-electron chi connectivity index (χ4n) is 5.29. The number of Topliss-reactive ketones (excluding diaryl/α,β-unsaturated/α-hetero) is 1. The third-order valence-corrected chi connectivity index (χ3v) is 7.35. The molecule has 1 aromatic carbocycles. The van der Waals surface area contributed by atoms with Crippen molar-refractivity contribution in [3.63, 3.8) is 0 Å². The number of benzene rings is 1. The van der Waals surface area contributed by atoms with Crippen LogP contribution in [0, 0.1) is 5.92 Å². The fourth-order valence-corrected chi connectivity index (χ4v) is 5.29. The van der Waals surface area contributed by atoms with E-state index in [-0.39, 0.29) is 17.9 Å². The zero-order valence-corrected chi connectivity index (χ0v) is 21.4. The first-order valence-corrected chi connectivity index (χ1v) is 13.9. The summed E-state index contributed by atoms with van der Waals surface area (Å²) in [6, 6.07) is 8.45. The maximum atomic E-state index is 12.7. The molecule has 1 heterocycles. The van der Waals surface area contributed by atoms with Crippen LogP contribution in [-0.4, -0.2) is 48.9 Å². The maximum absolute atomic E-state index is 12.7. The molecule has 1 aliphatic carbocycles. The van der Waals surface area contributed by atoms with E-state index in [1.54, 1.807) is 0 Å². The molecule has 1 amide bonds. The van der Waals surface area contributed by atoms with Crippen molar-refractivity contribution < 1.29 is 14.3 Å². The lowest BCUT2D eigenvalue weighted by molar-refractivity contribution is -0.125. The molecule has 1 aliphatic heterocycles. The van der Waals surface area contributed by atoms with Crippen LogP contribution in [0.1, 0.15) is 96.0 Å². The number of likely N-dealkylation sites (tertiary alicyclic amines) is 1. The number of nitrogens with zero attached hydrogens (tertiary/aromatic N) is 1. The number of ether oxygens (including phenoxy) is 1. The van der Waals surface area contributed by atoms with Crippen LogP contribution in [0.4, 0.5) is 0 Å². The molecule has 1 saturated heterocycles. The molecular weight excluding hydrogens is 424 g/mol. The number of amides is 1. The van der Waals surface area contributed by atoms with Gasteiger partial charge >= 0.3 is 0 Å². The first kappa shape index (κ1) is 26.7. The van der Waals surface area contributed by atoms with Gasteiger partial charge in [0.2, 0.25) is 5.91 Å². The van der Waals surface area contributed by atoms with Crippen LogP contribution in [0.2, 0.25) is 0 Å². The first-order chi connectivity index (χ1) is 16.6. The van der Waals surface area contributed by atoms with Crippen molar-refractivity contribution in [1.29, 1.82) is 0 Å². The summed E-state index contributed by atoms with van der Waals surface area (Å²) in [7, 11) is 0. The standard InChI is InChI=1S/C29H46N2O3/c1-2-3-21-34-27-17-15-24(16-18-27)22-26(23-31-19-9-10-20-31)30-29(33)14-8-7-13-28(32)25-11-5-4-6-12-25/h15-18,25-26H,2-14,19-23H2,1H3,(H,30,33). The number of carbonyl (C=O) groups excluding carboxylic acids is 2. The number of ketones is 1. The fraction of sp³-hybridized carbons (Fsp3) is 0.724. The molecule has 5 nitrogen and oxygen atoms in total. The van der Waals surface area contributed by atoms with Gasteiger partial charge in [0.25, 0.3) is 0 Å². The van der Waals surface area contributed by atoms with Gasteiger partial charge in [-0.1, -0.05) is 44.7 Å². The highest BCUT2D eigenvalue weighted by Gasteiger charge is 2.21. The SMILES string of the molecule is CCCCOc1ccc(CC(CN2CCCC2)NC(=O)CCCCC(=O)C2CCCCC2)cc1. The molecule has 5 heteroatoms. The molecule has 0 spiro atoms. The van der Waals surface area contributed by atoms with Crippen molar-refractivity contribution in [3.05, 3.63) is 29.8 Å². The van der Waals surface area contributed by atoms with Gasteiger partial charge in [-0.25, -0.2) is 0 Å². The van der Waals surface area contributed by atoms with Gasteiger partial charge in [-0.2, -0.15) is 0 Å². The van der Waals surface area contributed by atoms with Gasteiger partial charge in [0, 0.05) is 31.3 Å². The van der Waals surface area contributed by atoms with Crippen LogP contribution in [0.25, 0.3) is 0 Å². The number of nitrogens with one attached hydrogen (secondary N) is 1. The van der Waals surface area contributed by atoms with E-state index < -0.39 is 0 Å². The molecule has 34 heavy (non-hydrogen) atoms. The first-order valence-electron chi connectivity index (χ1n) is 13.9. The minimum absolute atomic E-state index is 0.112. The van der Waals surface area contributed by atoms with Crippen LogP contribution in [0.5, 0.6) is 5.75 Å². The van der Waals surface area contributed by atoms with E-state index in [1.165, 1.54) is 37.7 Å². The van der Waals surface area contributed by atoms with E-state index in [0.717, 1.165) is 76.9 Å². The predicted molar refractivity (Wildman–Crippen MR) is 138 cm³/mol. The summed E-state index contributed by atoms with van der Waals surface area (Å²) >= 11 is 0. The number of carbonyl (C=O) groups is 2. The Balaban J connectivity index is 1.42. The van der Waals surface area contributed by atoms with Crippen molar-refractivity contribution in [2.75, 3.05) is 26.2 Å². The van der Waals surface area contributed by atoms with Crippen molar-refractivity contribution in [2.45, 2.75) is 103 Å². The second-order valence-electron chi connectivity index (χ2n) is 10.3. The highest BCUT2D eigenvalue weighted by Crippen LogP contribution is 2.26. The molecule has 0 radical (unpaired) electrons. The molecule has 1 unspecified atom stereocenters. The van der Waals surface area contributed by atoms with Crippen LogP contribution >= 0.6 is 0 Å². The van der Waals surface area contributed by atoms with Crippen LogP contribution in [0.3, 0.4) is 0 Å². The molecule has 1 saturated carbocycles. The Hall–Kier alpha value is -1.88. The minimum Gasteiger partial charge on any atom is -0.494 e. The number of hydrogen-bond acceptors (Lipinski definition) is 4. The molecule has 2 aliphatic rings. The Morgan fingerprint density at radius 1 is 0.971 bits per heavy atom. The quantitative estimate of drug-likeness (QED) is 0.334. The van der Waals surface area contributed by atoms with Gasteiger partial charge < -0.3 is 15.0 Å². The maximum Gasteiger partial charge on any atom is 0.220 e. The third kappa shape index (κ3) is 9.77. The zero-order valence-electron chi connectivity index (χ0n) is 21.4. The van der Waals surface area contributed by atoms with Crippen molar-refractivity contribution in [2.24, 2.45) is 5.92 Å². The topological polar surface area (TPSA) is 58.6 Å². The highest BCUT2D eigenvalue weighted by atomic mass is 16.5. The molecule has 3 rings (SSSR count). The Kier molecular flexibility index (Phi) is 11.9. The lowest BCUT2D eigenvalue weighted by Crippen LogP contribution is -2.44. The van der Waals surface area contributed by atoms with E-state index >= 15 is 0 Å². The summed E-state index contributed by atoms with van der Waals surface area (Å²) < 4.78 is 5.79. The highest BCUT2D eigenvalue weighted by molar-refractivity contribution is 5.81. The molecule has 1 N–H and O–H groups in total. The normalized spacial score (nSPS) is 18.0. The summed E-state index contributed by atoms with van der Waals surface area (Å²) in [6.07, 6.45) is 14.1. The Morgan fingerprint density at radius 2 is 1.68 bits per heavy atom. The van der Waals surface area contributed by atoms with Crippen LogP contribution < -0.4 is 10.1 Å². The smallest absolute Gasteiger partial charge is 0.220 e. The molecule has 1 aromatic rings. The summed E-state index contributed by atoms with van der Waals surface area (Å²) in [6.45, 7) is 6.08. The minimum atomic E-state index is 0.112. The summed E-state index contributed by atoms with van der Waals surface area (Å²) in [5, 5.41) is 3.30. The second kappa shape index (κ2) is 15.2. The molecule has 1 atom stereocenters. The van der Waals surface area contributed by atoms with E-state index in [1.807, 2.05) is 12.1 Å². The summed E-state index contributed by atoms with van der Waals surface area (Å²) in [5.74, 6) is 1.75. The largest absolute Gasteiger partial charge is 0.494 e. The average molecular weight is 471 g/mol. The lowest BCUT2D eigenvalue weighted by Gasteiger charge is -2.25. The Labute approximate surface area is 207 Å². The molecule has 190 valence electrons. The molecule has 2 fully saturated rings.